The van der Waals surface area contributed by atoms with E-state index in [9.17, 15) is 4.79 Å². The van der Waals surface area contributed by atoms with Crippen LogP contribution in [-0.2, 0) is 0 Å². The fourth-order valence-electron chi connectivity index (χ4n) is 4.69. The van der Waals surface area contributed by atoms with E-state index in [1.807, 2.05) is 59.5 Å². The van der Waals surface area contributed by atoms with Gasteiger partial charge in [-0.05, 0) is 92.7 Å². The number of fused-ring (bicyclic) bond motifs is 3. The predicted octanol–water partition coefficient (Wildman–Crippen LogP) is 8.02. The predicted molar refractivity (Wildman–Crippen MR) is 145 cm³/mol. The molecule has 1 aliphatic rings. The topological polar surface area (TPSA) is 32.3 Å². The van der Waals surface area contributed by atoms with Gasteiger partial charge < -0.3 is 5.32 Å². The highest BCUT2D eigenvalue weighted by Crippen LogP contribution is 2.42. The lowest BCUT2D eigenvalue weighted by Crippen LogP contribution is -2.43. The van der Waals surface area contributed by atoms with E-state index in [0.717, 1.165) is 42.1 Å². The summed E-state index contributed by atoms with van der Waals surface area (Å²) in [6.45, 7) is 0. The minimum absolute atomic E-state index is 0.0356. The summed E-state index contributed by atoms with van der Waals surface area (Å²) in [6.07, 6.45) is -0.387. The smallest absolute Gasteiger partial charge is 0.262 e. The summed E-state index contributed by atoms with van der Waals surface area (Å²) in [5, 5.41) is 8.85. The lowest BCUT2D eigenvalue weighted by molar-refractivity contribution is 0.0975. The van der Waals surface area contributed by atoms with Crippen LogP contribution in [0.25, 0.3) is 21.5 Å². The molecule has 160 valence electrons. The highest BCUT2D eigenvalue weighted by Gasteiger charge is 2.36. The average Bonchev–Trinajstić information content (AvgIpc) is 2.84. The SMILES string of the molecule is O=C1c2cc(I)ccc2N[C@H](c2c3ccccc3cc3ccccc23)N1c1ccc(Cl)cc1. The van der Waals surface area contributed by atoms with Gasteiger partial charge in [0.2, 0.25) is 0 Å². The fourth-order valence-corrected chi connectivity index (χ4v) is 5.31. The van der Waals surface area contributed by atoms with E-state index in [1.54, 1.807) is 0 Å². The number of carbonyl (C=O) groups excluding carboxylic acids is 1. The summed E-state index contributed by atoms with van der Waals surface area (Å²) in [6, 6.07) is 32.3. The molecule has 0 saturated carbocycles. The van der Waals surface area contributed by atoms with Crippen LogP contribution in [0.1, 0.15) is 22.1 Å². The van der Waals surface area contributed by atoms with Gasteiger partial charge in [-0.15, -0.1) is 0 Å². The van der Waals surface area contributed by atoms with E-state index in [2.05, 4.69) is 70.4 Å². The molecule has 0 unspecified atom stereocenters. The van der Waals surface area contributed by atoms with Crippen molar-refractivity contribution in [1.82, 2.24) is 0 Å². The van der Waals surface area contributed by atoms with Crippen molar-refractivity contribution in [3.8, 4) is 0 Å². The second-order valence-corrected chi connectivity index (χ2v) is 9.80. The lowest BCUT2D eigenvalue weighted by atomic mass is 9.92. The quantitative estimate of drug-likeness (QED) is 0.175. The number of nitrogens with one attached hydrogen (secondary N) is 1. The zero-order chi connectivity index (χ0) is 22.5. The van der Waals surface area contributed by atoms with Crippen molar-refractivity contribution in [3.05, 3.63) is 117 Å². The summed E-state index contributed by atoms with van der Waals surface area (Å²) in [5.41, 5.74) is 3.38. The Hall–Kier alpha value is -3.09. The van der Waals surface area contributed by atoms with Gasteiger partial charge in [-0.25, -0.2) is 0 Å². The molecule has 0 spiro atoms. The molecule has 0 saturated heterocycles. The van der Waals surface area contributed by atoms with Gasteiger partial charge in [0, 0.05) is 25.5 Å². The second-order valence-electron chi connectivity index (χ2n) is 8.12. The number of hydrogen-bond acceptors (Lipinski definition) is 2. The van der Waals surface area contributed by atoms with Gasteiger partial charge in [-0.1, -0.05) is 60.1 Å². The molecule has 1 N–H and O–H groups in total. The Morgan fingerprint density at radius 1 is 0.788 bits per heavy atom. The molecule has 33 heavy (non-hydrogen) atoms. The normalized spacial score (nSPS) is 15.5. The second kappa shape index (κ2) is 8.04. The third kappa shape index (κ3) is 3.45. The number of carbonyl (C=O) groups is 1. The number of benzene rings is 5. The molecule has 5 heteroatoms. The van der Waals surface area contributed by atoms with Crippen LogP contribution in [0.15, 0.2) is 97.1 Å². The van der Waals surface area contributed by atoms with Crippen molar-refractivity contribution in [2.24, 2.45) is 0 Å². The van der Waals surface area contributed by atoms with E-state index in [4.69, 9.17) is 11.6 Å². The van der Waals surface area contributed by atoms with Gasteiger partial charge in [0.25, 0.3) is 5.91 Å². The monoisotopic (exact) mass is 560 g/mol. The summed E-state index contributed by atoms with van der Waals surface area (Å²) in [7, 11) is 0. The largest absolute Gasteiger partial charge is 0.360 e. The molecule has 1 aliphatic heterocycles. The molecule has 0 fully saturated rings. The molecule has 0 bridgehead atoms. The molecule has 6 rings (SSSR count). The summed E-state index contributed by atoms with van der Waals surface area (Å²) < 4.78 is 1.02. The number of rotatable bonds is 2. The Labute approximate surface area is 210 Å². The van der Waals surface area contributed by atoms with Crippen molar-refractivity contribution >= 4 is 73.0 Å². The molecule has 1 heterocycles. The average molecular weight is 561 g/mol. The van der Waals surface area contributed by atoms with Crippen LogP contribution < -0.4 is 10.2 Å². The molecule has 0 radical (unpaired) electrons. The molecule has 0 aromatic heterocycles. The Kier molecular flexibility index (Phi) is 5.00. The number of nitrogens with zero attached hydrogens (tertiary/aromatic N) is 1. The van der Waals surface area contributed by atoms with Crippen LogP contribution in [0.3, 0.4) is 0 Å². The van der Waals surface area contributed by atoms with Crippen LogP contribution in [0.2, 0.25) is 5.02 Å². The van der Waals surface area contributed by atoms with Gasteiger partial charge in [0.1, 0.15) is 6.17 Å². The molecule has 1 amide bonds. The van der Waals surface area contributed by atoms with Crippen LogP contribution in [0.4, 0.5) is 11.4 Å². The summed E-state index contributed by atoms with van der Waals surface area (Å²) in [5.74, 6) is -0.0356. The first-order chi connectivity index (χ1) is 16.1. The molecule has 5 aromatic rings. The maximum Gasteiger partial charge on any atom is 0.262 e. The zero-order valence-corrected chi connectivity index (χ0v) is 20.3. The minimum atomic E-state index is -0.387. The van der Waals surface area contributed by atoms with Crippen molar-refractivity contribution in [1.29, 1.82) is 0 Å². The van der Waals surface area contributed by atoms with Crippen LogP contribution in [-0.4, -0.2) is 5.91 Å². The third-order valence-corrected chi connectivity index (χ3v) is 7.10. The minimum Gasteiger partial charge on any atom is -0.360 e. The highest BCUT2D eigenvalue weighted by molar-refractivity contribution is 14.1. The van der Waals surface area contributed by atoms with E-state index >= 15 is 0 Å². The fraction of sp³-hybridized carbons (Fsp3) is 0.0357. The molecular formula is C28H18ClIN2O. The molecule has 0 aliphatic carbocycles. The van der Waals surface area contributed by atoms with Gasteiger partial charge in [0.05, 0.1) is 5.56 Å². The van der Waals surface area contributed by atoms with Crippen molar-refractivity contribution in [2.45, 2.75) is 6.17 Å². The maximum absolute atomic E-state index is 14.0. The molecule has 5 aromatic carbocycles. The summed E-state index contributed by atoms with van der Waals surface area (Å²) in [4.78, 5) is 15.8. The van der Waals surface area contributed by atoms with Crippen LogP contribution in [0.5, 0.6) is 0 Å². The van der Waals surface area contributed by atoms with Crippen LogP contribution >= 0.6 is 34.2 Å². The Balaban J connectivity index is 1.67. The van der Waals surface area contributed by atoms with Crippen molar-refractivity contribution in [2.75, 3.05) is 10.2 Å². The Bertz CT molecular complexity index is 1490. The van der Waals surface area contributed by atoms with Crippen molar-refractivity contribution < 1.29 is 4.79 Å². The number of hydrogen-bond donors (Lipinski definition) is 1. The Morgan fingerprint density at radius 2 is 1.42 bits per heavy atom. The van der Waals surface area contributed by atoms with Crippen molar-refractivity contribution in [3.63, 3.8) is 0 Å². The first kappa shape index (κ1) is 20.5. The number of amides is 1. The number of anilines is 2. The maximum atomic E-state index is 14.0. The van der Waals surface area contributed by atoms with Gasteiger partial charge in [0.15, 0.2) is 0 Å². The standard InChI is InChI=1S/C28H18ClIN2O/c29-19-9-12-21(13-10-19)32-27(31-25-14-11-20(30)16-24(25)28(32)33)26-22-7-3-1-5-17(22)15-18-6-2-4-8-23(18)26/h1-16,27,31H/t27-/m0/s1. The molecule has 3 nitrogen and oxygen atoms in total. The van der Waals surface area contributed by atoms with Gasteiger partial charge >= 0.3 is 0 Å². The third-order valence-electron chi connectivity index (χ3n) is 6.17. The van der Waals surface area contributed by atoms with Crippen LogP contribution in [0, 0.1) is 3.57 Å². The lowest BCUT2D eigenvalue weighted by Gasteiger charge is -2.39. The summed E-state index contributed by atoms with van der Waals surface area (Å²) >= 11 is 8.42. The molecular weight excluding hydrogens is 543 g/mol. The zero-order valence-electron chi connectivity index (χ0n) is 17.4. The van der Waals surface area contributed by atoms with E-state index in [0.29, 0.717) is 10.6 Å². The van der Waals surface area contributed by atoms with E-state index in [1.165, 1.54) is 0 Å². The first-order valence-corrected chi connectivity index (χ1v) is 12.1. The highest BCUT2D eigenvalue weighted by atomic mass is 127. The Morgan fingerprint density at radius 3 is 2.09 bits per heavy atom. The van der Waals surface area contributed by atoms with E-state index in [-0.39, 0.29) is 12.1 Å². The van der Waals surface area contributed by atoms with Gasteiger partial charge in [-0.3, -0.25) is 9.69 Å². The van der Waals surface area contributed by atoms with Gasteiger partial charge in [-0.2, -0.15) is 0 Å². The van der Waals surface area contributed by atoms with E-state index < -0.39 is 0 Å². The number of halogens is 2. The first-order valence-electron chi connectivity index (χ1n) is 10.7. The molecule has 1 atom stereocenters.